The molecule has 0 atom stereocenters. The van der Waals surface area contributed by atoms with Crippen molar-refractivity contribution in [3.05, 3.63) is 6.92 Å². The second kappa shape index (κ2) is 69.9. The van der Waals surface area contributed by atoms with Gasteiger partial charge in [-0.2, -0.15) is 6.92 Å². The van der Waals surface area contributed by atoms with Crippen LogP contribution in [0, 0.1) is 6.92 Å². The zero-order chi connectivity index (χ0) is 2.00. The smallest absolute Gasteiger partial charge is 1.00 e. The van der Waals surface area contributed by atoms with Crippen molar-refractivity contribution in [1.82, 2.24) is 0 Å². The first kappa shape index (κ1) is 35.8. The number of rotatable bonds is 0. The van der Waals surface area contributed by atoms with Crippen LogP contribution in [-0.4, -0.2) is 0 Å². The molecule has 0 unspecified atom stereocenters. The van der Waals surface area contributed by atoms with Crippen LogP contribution < -0.4 is 24.8 Å². The minimum Gasteiger partial charge on any atom is -1.00 e. The predicted molar refractivity (Wildman–Crippen MR) is 11.0 cm³/mol. The molecule has 0 heterocycles. The molecule has 5 heavy (non-hydrogen) atoms. The molecule has 0 nitrogen and oxygen atoms in total. The van der Waals surface area contributed by atoms with Crippen molar-refractivity contribution in [3.63, 3.8) is 0 Å². The molecular formula is C2H5Cl2Cr. The van der Waals surface area contributed by atoms with E-state index in [1.54, 1.807) is 6.92 Å². The summed E-state index contributed by atoms with van der Waals surface area (Å²) in [6.07, 6.45) is 0. The first-order valence-corrected chi connectivity index (χ1v) is 0.707. The van der Waals surface area contributed by atoms with Crippen molar-refractivity contribution in [2.45, 2.75) is 6.92 Å². The van der Waals surface area contributed by atoms with Gasteiger partial charge in [0.15, 0.2) is 0 Å². The molecule has 0 saturated heterocycles. The third-order valence-electron chi connectivity index (χ3n) is 0. The third kappa shape index (κ3) is 40.0. The Kier molecular flexibility index (Phi) is 500. The summed E-state index contributed by atoms with van der Waals surface area (Å²) in [5.41, 5.74) is 0. The molecule has 0 bridgehead atoms. The van der Waals surface area contributed by atoms with Crippen LogP contribution in [-0.2, 0) is 17.4 Å². The van der Waals surface area contributed by atoms with Crippen LogP contribution in [0.1, 0.15) is 6.92 Å². The van der Waals surface area contributed by atoms with Gasteiger partial charge in [-0.05, 0) is 0 Å². The molecule has 1 radical (unpaired) electrons. The molecule has 0 amide bonds. The van der Waals surface area contributed by atoms with Gasteiger partial charge in [0.05, 0.1) is 0 Å². The summed E-state index contributed by atoms with van der Waals surface area (Å²) in [4.78, 5) is 0. The van der Waals surface area contributed by atoms with Gasteiger partial charge < -0.3 is 31.7 Å². The van der Waals surface area contributed by atoms with Crippen molar-refractivity contribution >= 4 is 0 Å². The Labute approximate surface area is 56.3 Å². The van der Waals surface area contributed by atoms with Crippen LogP contribution in [0.4, 0.5) is 0 Å². The summed E-state index contributed by atoms with van der Waals surface area (Å²) in [7, 11) is 0. The van der Waals surface area contributed by atoms with Crippen LogP contribution in [0.3, 0.4) is 0 Å². The average molecular weight is 152 g/mol. The monoisotopic (exact) mass is 151 g/mol. The standard InChI is InChI=1S/C2H5.2ClH.Cr/c1-2;;;/h1H2,2H3;2*1H;/q-1;;;+3/p-2. The van der Waals surface area contributed by atoms with E-state index >= 15 is 0 Å². The minimum atomic E-state index is 0. The second-order valence-corrected chi connectivity index (χ2v) is 0. The molecule has 0 aliphatic rings. The molecule has 3 heteroatoms. The van der Waals surface area contributed by atoms with Gasteiger partial charge in [0.1, 0.15) is 0 Å². The summed E-state index contributed by atoms with van der Waals surface area (Å²) >= 11 is 0. The molecule has 0 aromatic carbocycles. The van der Waals surface area contributed by atoms with E-state index in [4.69, 9.17) is 0 Å². The first-order valence-electron chi connectivity index (χ1n) is 0.707. The van der Waals surface area contributed by atoms with Crippen molar-refractivity contribution in [2.75, 3.05) is 0 Å². The molecule has 0 aliphatic heterocycles. The summed E-state index contributed by atoms with van der Waals surface area (Å²) in [5.74, 6) is 0. The van der Waals surface area contributed by atoms with E-state index in [0.29, 0.717) is 0 Å². The van der Waals surface area contributed by atoms with Gasteiger partial charge in [-0.25, -0.2) is 0 Å². The van der Waals surface area contributed by atoms with Crippen LogP contribution in [0.5, 0.6) is 0 Å². The molecule has 0 aromatic rings. The van der Waals surface area contributed by atoms with Gasteiger partial charge >= 0.3 is 17.4 Å². The fourth-order valence-corrected chi connectivity index (χ4v) is 0. The number of hydrogen-bond acceptors (Lipinski definition) is 0. The Bertz CT molecular complexity index is 7.61. The Balaban J connectivity index is -0.00000000167. The summed E-state index contributed by atoms with van der Waals surface area (Å²) in [5, 5.41) is 0. The Hall–Kier alpha value is 1.11. The van der Waals surface area contributed by atoms with E-state index in [2.05, 4.69) is 6.92 Å². The van der Waals surface area contributed by atoms with Crippen LogP contribution in [0.25, 0.3) is 0 Å². The zero-order valence-electron chi connectivity index (χ0n) is 2.87. The quantitative estimate of drug-likeness (QED) is 0.304. The van der Waals surface area contributed by atoms with Crippen LogP contribution >= 0.6 is 0 Å². The predicted octanol–water partition coefficient (Wildman–Crippen LogP) is -5.15. The largest absolute Gasteiger partial charge is 3.00 e. The molecule has 0 saturated carbocycles. The SMILES string of the molecule is [CH2-]C.[Cl-].[Cl-].[Cr+3]. The van der Waals surface area contributed by atoms with Gasteiger partial charge in [-0.1, -0.05) is 0 Å². The van der Waals surface area contributed by atoms with E-state index in [1.807, 2.05) is 0 Å². The average Bonchev–Trinajstić information content (AvgIpc) is 1.00. The molecule has 33 valence electrons. The van der Waals surface area contributed by atoms with Gasteiger partial charge in [-0.15, -0.1) is 0 Å². The van der Waals surface area contributed by atoms with E-state index in [1.165, 1.54) is 0 Å². The van der Waals surface area contributed by atoms with Crippen molar-refractivity contribution in [3.8, 4) is 0 Å². The molecule has 0 aliphatic carbocycles. The summed E-state index contributed by atoms with van der Waals surface area (Å²) in [6, 6.07) is 0. The van der Waals surface area contributed by atoms with Crippen molar-refractivity contribution in [1.29, 1.82) is 0 Å². The van der Waals surface area contributed by atoms with Crippen molar-refractivity contribution < 1.29 is 42.2 Å². The van der Waals surface area contributed by atoms with E-state index in [0.717, 1.165) is 0 Å². The Morgan fingerprint density at radius 2 is 1.00 bits per heavy atom. The van der Waals surface area contributed by atoms with Gasteiger partial charge in [-0.3, -0.25) is 0 Å². The molecular weight excluding hydrogens is 147 g/mol. The number of halogens is 2. The Morgan fingerprint density at radius 3 is 1.00 bits per heavy atom. The maximum Gasteiger partial charge on any atom is 3.00 e. The first-order chi connectivity index (χ1) is 1.00. The fourth-order valence-electron chi connectivity index (χ4n) is 0. The molecule has 0 N–H and O–H groups in total. The van der Waals surface area contributed by atoms with Gasteiger partial charge in [0, 0.05) is 0 Å². The molecule has 0 fully saturated rings. The summed E-state index contributed by atoms with van der Waals surface area (Å²) in [6.45, 7) is 5.00. The maximum atomic E-state index is 3.25. The van der Waals surface area contributed by atoms with E-state index < -0.39 is 0 Å². The fraction of sp³-hybridized carbons (Fsp3) is 0.500. The summed E-state index contributed by atoms with van der Waals surface area (Å²) < 4.78 is 0. The topological polar surface area (TPSA) is 0 Å². The van der Waals surface area contributed by atoms with Gasteiger partial charge in [0.25, 0.3) is 0 Å². The zero-order valence-corrected chi connectivity index (χ0v) is 5.66. The minimum absolute atomic E-state index is 0. The molecule has 0 spiro atoms. The van der Waals surface area contributed by atoms with Gasteiger partial charge in [0.2, 0.25) is 0 Å². The van der Waals surface area contributed by atoms with E-state index in [9.17, 15) is 0 Å². The maximum absolute atomic E-state index is 3.25. The normalized spacial score (nSPS) is 1.20. The second-order valence-electron chi connectivity index (χ2n) is 0. The van der Waals surface area contributed by atoms with Crippen molar-refractivity contribution in [2.24, 2.45) is 0 Å². The Morgan fingerprint density at radius 1 is 1.00 bits per heavy atom. The van der Waals surface area contributed by atoms with Crippen LogP contribution in [0.2, 0.25) is 0 Å². The van der Waals surface area contributed by atoms with E-state index in [-0.39, 0.29) is 42.2 Å². The third-order valence-corrected chi connectivity index (χ3v) is 0. The molecule has 0 rings (SSSR count). The molecule has 0 aromatic heterocycles. The van der Waals surface area contributed by atoms with Crippen LogP contribution in [0.15, 0.2) is 0 Å². The number of hydrogen-bond donors (Lipinski definition) is 0.